The van der Waals surface area contributed by atoms with Gasteiger partial charge in [0, 0.05) is 6.42 Å². The Bertz CT molecular complexity index is 1130. The van der Waals surface area contributed by atoms with Crippen molar-refractivity contribution in [2.75, 3.05) is 19.8 Å². The molecule has 2 fully saturated rings. The summed E-state index contributed by atoms with van der Waals surface area (Å²) in [6, 6.07) is -0.906. The average molecular weight is 918 g/mol. The van der Waals surface area contributed by atoms with Gasteiger partial charge in [-0.25, -0.2) is 0 Å². The third kappa shape index (κ3) is 24.7. The van der Waals surface area contributed by atoms with Crippen molar-refractivity contribution in [3.8, 4) is 0 Å². The van der Waals surface area contributed by atoms with Crippen LogP contribution in [-0.4, -0.2) is 140 Å². The molecule has 1 amide bonds. The van der Waals surface area contributed by atoms with E-state index in [0.717, 1.165) is 38.5 Å². The zero-order valence-corrected chi connectivity index (χ0v) is 40.0. The molecule has 0 aromatic carbocycles. The second-order valence-electron chi connectivity index (χ2n) is 18.7. The number of allylic oxidation sites excluding steroid dienone is 1. The highest BCUT2D eigenvalue weighted by Gasteiger charge is 2.51. The Hall–Kier alpha value is -1.27. The number of hydrogen-bond donors (Lipinski definition) is 9. The van der Waals surface area contributed by atoms with E-state index in [9.17, 15) is 45.6 Å². The van der Waals surface area contributed by atoms with Crippen molar-refractivity contribution in [3.05, 3.63) is 12.2 Å². The Morgan fingerprint density at radius 1 is 0.547 bits per heavy atom. The first kappa shape index (κ1) is 58.9. The van der Waals surface area contributed by atoms with Crippen molar-refractivity contribution >= 4 is 5.91 Å². The molecule has 2 heterocycles. The van der Waals surface area contributed by atoms with Gasteiger partial charge in [-0.3, -0.25) is 4.79 Å². The van der Waals surface area contributed by atoms with Gasteiger partial charge in [0.05, 0.1) is 32.0 Å². The molecule has 0 aliphatic carbocycles. The maximum atomic E-state index is 13.2. The van der Waals surface area contributed by atoms with E-state index in [1.54, 1.807) is 6.08 Å². The molecule has 14 heteroatoms. The number of ether oxygens (including phenoxy) is 4. The molecule has 4 unspecified atom stereocenters. The summed E-state index contributed by atoms with van der Waals surface area (Å²) in [5.41, 5.74) is 0. The van der Waals surface area contributed by atoms with Crippen LogP contribution >= 0.6 is 0 Å². The minimum absolute atomic E-state index is 0.238. The molecule has 2 aliphatic heterocycles. The summed E-state index contributed by atoms with van der Waals surface area (Å²) in [7, 11) is 0. The lowest BCUT2D eigenvalue weighted by Crippen LogP contribution is -2.65. The van der Waals surface area contributed by atoms with Crippen LogP contribution in [-0.2, 0) is 23.7 Å². The molecule has 9 N–H and O–H groups in total. The average Bonchev–Trinajstić information content (AvgIpc) is 3.29. The molecule has 14 nitrogen and oxygen atoms in total. The smallest absolute Gasteiger partial charge is 0.220 e. The van der Waals surface area contributed by atoms with Gasteiger partial charge in [-0.1, -0.05) is 193 Å². The molecule has 0 aromatic rings. The monoisotopic (exact) mass is 918 g/mol. The number of carbonyl (C=O) groups excluding carboxylic acids is 1. The lowest BCUT2D eigenvalue weighted by Gasteiger charge is -2.46. The Balaban J connectivity index is 1.78. The number of aliphatic hydroxyl groups excluding tert-OH is 8. The number of carbonyl (C=O) groups is 1. The van der Waals surface area contributed by atoms with Gasteiger partial charge in [-0.15, -0.1) is 0 Å². The topological polar surface area (TPSA) is 228 Å². The summed E-state index contributed by atoms with van der Waals surface area (Å²) in [5.74, 6) is -0.238. The second kappa shape index (κ2) is 37.7. The van der Waals surface area contributed by atoms with Gasteiger partial charge in [0.25, 0.3) is 0 Å². The quantitative estimate of drug-likeness (QED) is 0.0229. The SMILES string of the molecule is CCCCCCCCCC/C=C/[C@@H](O)[C@H](CO[C@@H]1O[C@H](CO)[C@@H](O[C@@H]2O[C@H](CO)[C@H](O)C(O)C2O)C(O)C1O)NC(=O)CCCCCCCCCCCCCCCCCCCCCC. The Labute approximate surface area is 386 Å². The first-order chi connectivity index (χ1) is 31.1. The maximum absolute atomic E-state index is 13.2. The first-order valence-electron chi connectivity index (χ1n) is 25.9. The van der Waals surface area contributed by atoms with E-state index in [1.165, 1.54) is 141 Å². The summed E-state index contributed by atoms with van der Waals surface area (Å²) >= 11 is 0. The summed E-state index contributed by atoms with van der Waals surface area (Å²) < 4.78 is 22.7. The van der Waals surface area contributed by atoms with Crippen LogP contribution in [0.4, 0.5) is 0 Å². The summed E-state index contributed by atoms with van der Waals surface area (Å²) in [4.78, 5) is 13.2. The van der Waals surface area contributed by atoms with Crippen molar-refractivity contribution < 1.29 is 64.6 Å². The number of hydrogen-bond acceptors (Lipinski definition) is 13. The molecule has 2 aliphatic rings. The number of nitrogens with one attached hydrogen (secondary N) is 1. The second-order valence-corrected chi connectivity index (χ2v) is 18.7. The third-order valence-corrected chi connectivity index (χ3v) is 13.0. The van der Waals surface area contributed by atoms with Gasteiger partial charge in [0.15, 0.2) is 12.6 Å². The normalized spacial score (nSPS) is 27.3. The molecule has 0 radical (unpaired) electrons. The molecule has 0 spiro atoms. The molecular weight excluding hydrogens is 823 g/mol. The van der Waals surface area contributed by atoms with E-state index in [4.69, 9.17) is 18.9 Å². The molecule has 378 valence electrons. The molecule has 64 heavy (non-hydrogen) atoms. The standard InChI is InChI=1S/C50H95NO13/c1-3-5-7-9-11-13-15-16-17-18-19-20-21-22-23-24-26-28-30-32-34-42(55)51-38(39(54)33-31-29-27-25-14-12-10-8-6-4-2)37-61-49-47(60)45(58)48(41(36-53)63-49)64-50-46(59)44(57)43(56)40(35-52)62-50/h31,33,38-41,43-50,52-54,56-60H,3-30,32,34-37H2,1-2H3,(H,51,55)/b33-31+/t38-,39+,40+,41+,43-,44?,45?,46?,47?,48+,49+,50-/m0/s1. The highest BCUT2D eigenvalue weighted by Crippen LogP contribution is 2.30. The largest absolute Gasteiger partial charge is 0.394 e. The Morgan fingerprint density at radius 3 is 1.44 bits per heavy atom. The van der Waals surface area contributed by atoms with Gasteiger partial charge < -0.3 is 65.1 Å². The van der Waals surface area contributed by atoms with Crippen molar-refractivity contribution in [1.82, 2.24) is 5.32 Å². The van der Waals surface area contributed by atoms with Gasteiger partial charge in [-0.05, 0) is 19.3 Å². The molecule has 2 saturated heterocycles. The van der Waals surface area contributed by atoms with Crippen LogP contribution in [0.3, 0.4) is 0 Å². The summed E-state index contributed by atoms with van der Waals surface area (Å²) in [5, 5.41) is 86.6. The van der Waals surface area contributed by atoms with Crippen molar-refractivity contribution in [2.45, 2.75) is 280 Å². The first-order valence-corrected chi connectivity index (χ1v) is 25.9. The van der Waals surface area contributed by atoms with E-state index in [2.05, 4.69) is 19.2 Å². The Kier molecular flexibility index (Phi) is 34.7. The number of aliphatic hydroxyl groups is 8. The minimum atomic E-state index is -1.78. The fourth-order valence-corrected chi connectivity index (χ4v) is 8.70. The maximum Gasteiger partial charge on any atom is 0.220 e. The number of rotatable bonds is 40. The lowest BCUT2D eigenvalue weighted by molar-refractivity contribution is -0.359. The van der Waals surface area contributed by atoms with Crippen molar-refractivity contribution in [1.29, 1.82) is 0 Å². The fourth-order valence-electron chi connectivity index (χ4n) is 8.70. The predicted octanol–water partition coefficient (Wildman–Crippen LogP) is 6.77. The van der Waals surface area contributed by atoms with Crippen LogP contribution in [0.25, 0.3) is 0 Å². The molecule has 2 rings (SSSR count). The van der Waals surface area contributed by atoms with Gasteiger partial charge in [-0.2, -0.15) is 0 Å². The van der Waals surface area contributed by atoms with Gasteiger partial charge in [0.2, 0.25) is 5.91 Å². The van der Waals surface area contributed by atoms with Crippen LogP contribution in [0.15, 0.2) is 12.2 Å². The van der Waals surface area contributed by atoms with Gasteiger partial charge >= 0.3 is 0 Å². The molecular formula is C50H95NO13. The highest BCUT2D eigenvalue weighted by atomic mass is 16.7. The van der Waals surface area contributed by atoms with E-state index in [-0.39, 0.29) is 18.9 Å². The summed E-state index contributed by atoms with van der Waals surface area (Å²) in [6.45, 7) is 2.77. The van der Waals surface area contributed by atoms with Crippen molar-refractivity contribution in [2.24, 2.45) is 0 Å². The van der Waals surface area contributed by atoms with Crippen molar-refractivity contribution in [3.63, 3.8) is 0 Å². The van der Waals surface area contributed by atoms with E-state index < -0.39 is 86.8 Å². The Morgan fingerprint density at radius 2 is 0.969 bits per heavy atom. The van der Waals surface area contributed by atoms with Crippen LogP contribution in [0.5, 0.6) is 0 Å². The highest BCUT2D eigenvalue weighted by molar-refractivity contribution is 5.76. The zero-order chi connectivity index (χ0) is 46.8. The number of unbranched alkanes of at least 4 members (excludes halogenated alkanes) is 27. The third-order valence-electron chi connectivity index (χ3n) is 13.0. The predicted molar refractivity (Wildman–Crippen MR) is 249 cm³/mol. The van der Waals surface area contributed by atoms with E-state index in [0.29, 0.717) is 6.42 Å². The van der Waals surface area contributed by atoms with E-state index in [1.807, 2.05) is 6.08 Å². The molecule has 0 aromatic heterocycles. The van der Waals surface area contributed by atoms with Crippen LogP contribution in [0, 0.1) is 0 Å². The van der Waals surface area contributed by atoms with Crippen LogP contribution in [0.2, 0.25) is 0 Å². The van der Waals surface area contributed by atoms with Crippen LogP contribution < -0.4 is 5.32 Å². The molecule has 0 bridgehead atoms. The minimum Gasteiger partial charge on any atom is -0.394 e. The molecule has 12 atom stereocenters. The molecule has 0 saturated carbocycles. The number of amides is 1. The van der Waals surface area contributed by atoms with E-state index >= 15 is 0 Å². The van der Waals surface area contributed by atoms with Gasteiger partial charge in [0.1, 0.15) is 48.8 Å². The lowest BCUT2D eigenvalue weighted by atomic mass is 9.97. The van der Waals surface area contributed by atoms with Crippen LogP contribution in [0.1, 0.15) is 206 Å². The summed E-state index contributed by atoms with van der Waals surface area (Å²) in [6.07, 6.45) is 22.6. The fraction of sp³-hybridized carbons (Fsp3) is 0.940. The zero-order valence-electron chi connectivity index (χ0n) is 40.0.